The van der Waals surface area contributed by atoms with Gasteiger partial charge >= 0.3 is 0 Å². The third-order valence-electron chi connectivity index (χ3n) is 4.27. The summed E-state index contributed by atoms with van der Waals surface area (Å²) in [6, 6.07) is 11.2. The molecule has 1 fully saturated rings. The van der Waals surface area contributed by atoms with E-state index in [1.165, 1.54) is 37.1 Å². The van der Waals surface area contributed by atoms with Crippen molar-refractivity contribution in [2.24, 2.45) is 0 Å². The van der Waals surface area contributed by atoms with Crippen LogP contribution in [0.3, 0.4) is 0 Å². The maximum atomic E-state index is 4.86. The Kier molecular flexibility index (Phi) is 5.59. The van der Waals surface area contributed by atoms with E-state index in [4.69, 9.17) is 4.98 Å². The number of hydrogen-bond donors (Lipinski definition) is 1. The Bertz CT molecular complexity index is 561. The molecule has 1 aliphatic heterocycles. The molecule has 3 nitrogen and oxygen atoms in total. The molecule has 0 amide bonds. The molecule has 0 unspecified atom stereocenters. The van der Waals surface area contributed by atoms with Crippen LogP contribution >= 0.6 is 11.3 Å². The second-order valence-electron chi connectivity index (χ2n) is 5.96. The number of piperidine rings is 1. The number of nitrogens with zero attached hydrogens (tertiary/aromatic N) is 2. The Balaban J connectivity index is 1.69. The van der Waals surface area contributed by atoms with Gasteiger partial charge in [0.2, 0.25) is 0 Å². The monoisotopic (exact) mass is 315 g/mol. The summed E-state index contributed by atoms with van der Waals surface area (Å²) < 4.78 is 0. The van der Waals surface area contributed by atoms with Crippen molar-refractivity contribution >= 4 is 11.3 Å². The van der Waals surface area contributed by atoms with Crippen molar-refractivity contribution in [3.8, 4) is 10.6 Å². The fourth-order valence-electron chi connectivity index (χ4n) is 3.15. The number of thiazole rings is 1. The minimum absolute atomic E-state index is 0.711. The second kappa shape index (κ2) is 7.86. The number of nitrogens with one attached hydrogen (secondary N) is 1. The Morgan fingerprint density at radius 3 is 2.73 bits per heavy atom. The van der Waals surface area contributed by atoms with Gasteiger partial charge in [-0.1, -0.05) is 37.3 Å². The fraction of sp³-hybridized carbons (Fsp3) is 0.500. The average Bonchev–Trinajstić information content (AvgIpc) is 3.05. The quantitative estimate of drug-likeness (QED) is 0.879. The average molecular weight is 315 g/mol. The smallest absolute Gasteiger partial charge is 0.123 e. The van der Waals surface area contributed by atoms with Crippen molar-refractivity contribution in [3.63, 3.8) is 0 Å². The lowest BCUT2D eigenvalue weighted by atomic mass is 10.0. The zero-order valence-corrected chi connectivity index (χ0v) is 14.1. The minimum Gasteiger partial charge on any atom is -0.317 e. The van der Waals surface area contributed by atoms with Crippen molar-refractivity contribution in [3.05, 3.63) is 41.4 Å². The van der Waals surface area contributed by atoms with Gasteiger partial charge in [-0.25, -0.2) is 4.98 Å². The van der Waals surface area contributed by atoms with E-state index >= 15 is 0 Å². The highest BCUT2D eigenvalue weighted by molar-refractivity contribution is 7.13. The second-order valence-corrected chi connectivity index (χ2v) is 6.82. The van der Waals surface area contributed by atoms with E-state index in [1.54, 1.807) is 11.3 Å². The van der Waals surface area contributed by atoms with E-state index in [0.717, 1.165) is 24.6 Å². The topological polar surface area (TPSA) is 28.2 Å². The zero-order valence-electron chi connectivity index (χ0n) is 13.3. The molecule has 1 aromatic heterocycles. The fourth-order valence-corrected chi connectivity index (χ4v) is 3.97. The van der Waals surface area contributed by atoms with Crippen LogP contribution in [-0.4, -0.2) is 35.6 Å². The van der Waals surface area contributed by atoms with Crippen molar-refractivity contribution in [2.75, 3.05) is 19.6 Å². The van der Waals surface area contributed by atoms with Gasteiger partial charge in [-0.3, -0.25) is 4.90 Å². The summed E-state index contributed by atoms with van der Waals surface area (Å²) in [5.41, 5.74) is 2.44. The van der Waals surface area contributed by atoms with Crippen LogP contribution in [0.2, 0.25) is 0 Å². The first-order valence-corrected chi connectivity index (χ1v) is 9.19. The lowest BCUT2D eigenvalue weighted by molar-refractivity contribution is 0.153. The third-order valence-corrected chi connectivity index (χ3v) is 5.21. The predicted molar refractivity (Wildman–Crippen MR) is 94.1 cm³/mol. The molecule has 4 heteroatoms. The molecule has 1 aromatic carbocycles. The van der Waals surface area contributed by atoms with Crippen LogP contribution in [0.25, 0.3) is 10.6 Å². The molecular weight excluding hydrogens is 290 g/mol. The minimum atomic E-state index is 0.711. The maximum Gasteiger partial charge on any atom is 0.123 e. The number of benzene rings is 1. The van der Waals surface area contributed by atoms with Gasteiger partial charge in [0.05, 0.1) is 5.69 Å². The molecule has 0 aliphatic carbocycles. The summed E-state index contributed by atoms with van der Waals surface area (Å²) in [5, 5.41) is 6.83. The molecular formula is C18H25N3S. The molecule has 1 aliphatic rings. The molecule has 0 saturated carbocycles. The first-order chi connectivity index (χ1) is 10.9. The summed E-state index contributed by atoms with van der Waals surface area (Å²) in [6.07, 6.45) is 3.73. The highest BCUT2D eigenvalue weighted by Gasteiger charge is 2.21. The highest BCUT2D eigenvalue weighted by Crippen LogP contribution is 2.25. The van der Waals surface area contributed by atoms with Crippen molar-refractivity contribution < 1.29 is 0 Å². The molecule has 0 atom stereocenters. The normalized spacial score (nSPS) is 16.3. The Labute approximate surface area is 137 Å². The summed E-state index contributed by atoms with van der Waals surface area (Å²) >= 11 is 1.76. The molecule has 0 radical (unpaired) electrons. The van der Waals surface area contributed by atoms with E-state index in [9.17, 15) is 0 Å². The van der Waals surface area contributed by atoms with E-state index in [1.807, 2.05) is 0 Å². The molecule has 1 N–H and O–H groups in total. The molecule has 2 heterocycles. The summed E-state index contributed by atoms with van der Waals surface area (Å²) in [6.45, 7) is 6.73. The number of hydrogen-bond acceptors (Lipinski definition) is 4. The van der Waals surface area contributed by atoms with Gasteiger partial charge in [0.1, 0.15) is 5.01 Å². The van der Waals surface area contributed by atoms with Crippen LogP contribution in [0.1, 0.15) is 31.9 Å². The summed E-state index contributed by atoms with van der Waals surface area (Å²) in [5.74, 6) is 0. The van der Waals surface area contributed by atoms with E-state index in [0.29, 0.717) is 6.04 Å². The summed E-state index contributed by atoms with van der Waals surface area (Å²) in [4.78, 5) is 7.49. The van der Waals surface area contributed by atoms with Crippen molar-refractivity contribution in [2.45, 2.75) is 38.8 Å². The van der Waals surface area contributed by atoms with Gasteiger partial charge in [-0.05, 0) is 38.9 Å². The molecule has 0 spiro atoms. The standard InChI is InChI=1S/C18H25N3S/c1-2-12-21(17-8-10-19-11-9-17)13-16-14-22-18(20-16)15-6-4-3-5-7-15/h3-7,14,17,19H,2,8-13H2,1H3. The van der Waals surface area contributed by atoms with Crippen molar-refractivity contribution in [1.82, 2.24) is 15.2 Å². The van der Waals surface area contributed by atoms with Gasteiger partial charge in [-0.15, -0.1) is 11.3 Å². The van der Waals surface area contributed by atoms with Gasteiger partial charge < -0.3 is 5.32 Å². The first kappa shape index (κ1) is 15.7. The maximum absolute atomic E-state index is 4.86. The van der Waals surface area contributed by atoms with Gasteiger partial charge in [0.15, 0.2) is 0 Å². The molecule has 1 saturated heterocycles. The van der Waals surface area contributed by atoms with Gasteiger partial charge in [0, 0.05) is 23.5 Å². The van der Waals surface area contributed by atoms with Crippen molar-refractivity contribution in [1.29, 1.82) is 0 Å². The Morgan fingerprint density at radius 1 is 1.23 bits per heavy atom. The lowest BCUT2D eigenvalue weighted by Crippen LogP contribution is -2.43. The summed E-state index contributed by atoms with van der Waals surface area (Å²) in [7, 11) is 0. The van der Waals surface area contributed by atoms with E-state index in [-0.39, 0.29) is 0 Å². The first-order valence-electron chi connectivity index (χ1n) is 8.31. The zero-order chi connectivity index (χ0) is 15.2. The molecule has 3 rings (SSSR count). The van der Waals surface area contributed by atoms with E-state index < -0.39 is 0 Å². The number of aromatic nitrogens is 1. The van der Waals surface area contributed by atoms with Gasteiger partial charge in [0.25, 0.3) is 0 Å². The van der Waals surface area contributed by atoms with Crippen LogP contribution in [-0.2, 0) is 6.54 Å². The highest BCUT2D eigenvalue weighted by atomic mass is 32.1. The number of rotatable bonds is 6. The third kappa shape index (κ3) is 3.94. The van der Waals surface area contributed by atoms with Crippen LogP contribution in [0.5, 0.6) is 0 Å². The van der Waals surface area contributed by atoms with Crippen LogP contribution < -0.4 is 5.32 Å². The molecule has 118 valence electrons. The largest absolute Gasteiger partial charge is 0.317 e. The van der Waals surface area contributed by atoms with Crippen LogP contribution in [0, 0.1) is 0 Å². The lowest BCUT2D eigenvalue weighted by Gasteiger charge is -2.34. The SMILES string of the molecule is CCCN(Cc1csc(-c2ccccc2)n1)C1CCNCC1. The Hall–Kier alpha value is -1.23. The molecule has 22 heavy (non-hydrogen) atoms. The molecule has 0 bridgehead atoms. The van der Waals surface area contributed by atoms with Crippen LogP contribution in [0.15, 0.2) is 35.7 Å². The van der Waals surface area contributed by atoms with Crippen LogP contribution in [0.4, 0.5) is 0 Å². The predicted octanol–water partition coefficient (Wildman–Crippen LogP) is 3.77. The molecule has 2 aromatic rings. The Morgan fingerprint density at radius 2 is 2.00 bits per heavy atom. The van der Waals surface area contributed by atoms with Gasteiger partial charge in [-0.2, -0.15) is 0 Å². The van der Waals surface area contributed by atoms with E-state index in [2.05, 4.69) is 52.9 Å².